The summed E-state index contributed by atoms with van der Waals surface area (Å²) in [4.78, 5) is 0. The molecule has 0 heterocycles. The first kappa shape index (κ1) is 17.8. The molecule has 0 saturated carbocycles. The zero-order valence-corrected chi connectivity index (χ0v) is 15.8. The number of anilines is 1. The number of ether oxygens (including phenoxy) is 1. The number of rotatable bonds is 6. The predicted molar refractivity (Wildman–Crippen MR) is 104 cm³/mol. The Morgan fingerprint density at radius 2 is 1.91 bits per heavy atom. The molecule has 23 heavy (non-hydrogen) atoms. The van der Waals surface area contributed by atoms with Gasteiger partial charge in [0.2, 0.25) is 0 Å². The molecular formula is C18H21BrN2OS. The van der Waals surface area contributed by atoms with E-state index in [2.05, 4.69) is 51.7 Å². The van der Waals surface area contributed by atoms with Gasteiger partial charge in [-0.2, -0.15) is 0 Å². The van der Waals surface area contributed by atoms with Crippen LogP contribution in [0.25, 0.3) is 0 Å². The van der Waals surface area contributed by atoms with Crippen LogP contribution in [0.3, 0.4) is 0 Å². The van der Waals surface area contributed by atoms with Crippen LogP contribution < -0.4 is 15.4 Å². The van der Waals surface area contributed by atoms with Gasteiger partial charge < -0.3 is 15.4 Å². The lowest BCUT2D eigenvalue weighted by molar-refractivity contribution is 0.414. The molecule has 0 aliphatic heterocycles. The Kier molecular flexibility index (Phi) is 6.86. The summed E-state index contributed by atoms with van der Waals surface area (Å²) in [5, 5.41) is 7.10. The average molecular weight is 393 g/mol. The highest BCUT2D eigenvalue weighted by Crippen LogP contribution is 2.19. The average Bonchev–Trinajstić information content (AvgIpc) is 2.55. The van der Waals surface area contributed by atoms with Crippen LogP contribution in [0.5, 0.6) is 5.75 Å². The van der Waals surface area contributed by atoms with Gasteiger partial charge in [0.05, 0.1) is 7.11 Å². The molecule has 0 amide bonds. The molecule has 0 bridgehead atoms. The first-order valence-corrected chi connectivity index (χ1v) is 8.72. The third-order valence-corrected chi connectivity index (χ3v) is 4.64. The van der Waals surface area contributed by atoms with Crippen molar-refractivity contribution in [2.75, 3.05) is 19.0 Å². The number of nitrogens with one attached hydrogen (secondary N) is 2. The monoisotopic (exact) mass is 392 g/mol. The Balaban J connectivity index is 1.70. The maximum atomic E-state index is 5.32. The summed E-state index contributed by atoms with van der Waals surface area (Å²) in [6.07, 6.45) is 2.03. The van der Waals surface area contributed by atoms with Gasteiger partial charge >= 0.3 is 0 Å². The Hall–Kier alpha value is -1.59. The number of benzene rings is 2. The van der Waals surface area contributed by atoms with Gasteiger partial charge in [-0.05, 0) is 73.4 Å². The first-order valence-electron chi connectivity index (χ1n) is 7.52. The van der Waals surface area contributed by atoms with Crippen LogP contribution in [0, 0.1) is 6.92 Å². The van der Waals surface area contributed by atoms with E-state index in [4.69, 9.17) is 17.0 Å². The van der Waals surface area contributed by atoms with E-state index in [-0.39, 0.29) is 0 Å². The van der Waals surface area contributed by atoms with E-state index in [1.807, 2.05) is 24.3 Å². The van der Waals surface area contributed by atoms with Gasteiger partial charge in [-0.15, -0.1) is 0 Å². The normalized spacial score (nSPS) is 10.2. The van der Waals surface area contributed by atoms with E-state index in [9.17, 15) is 0 Å². The van der Waals surface area contributed by atoms with Gasteiger partial charge in [0.15, 0.2) is 5.11 Å². The third kappa shape index (κ3) is 5.84. The van der Waals surface area contributed by atoms with E-state index in [1.54, 1.807) is 7.11 Å². The minimum absolute atomic E-state index is 0.654. The number of hydrogen-bond acceptors (Lipinski definition) is 2. The van der Waals surface area contributed by atoms with Crippen LogP contribution in [0.15, 0.2) is 46.9 Å². The minimum Gasteiger partial charge on any atom is -0.497 e. The van der Waals surface area contributed by atoms with E-state index < -0.39 is 0 Å². The fourth-order valence-corrected chi connectivity index (χ4v) is 2.65. The summed E-state index contributed by atoms with van der Waals surface area (Å²) < 4.78 is 6.26. The highest BCUT2D eigenvalue weighted by atomic mass is 79.9. The molecule has 3 nitrogen and oxygen atoms in total. The second kappa shape index (κ2) is 8.89. The lowest BCUT2D eigenvalue weighted by Gasteiger charge is -2.11. The van der Waals surface area contributed by atoms with Crippen molar-refractivity contribution in [2.45, 2.75) is 19.8 Å². The van der Waals surface area contributed by atoms with E-state index >= 15 is 0 Å². The molecule has 0 unspecified atom stereocenters. The molecule has 122 valence electrons. The second-order valence-corrected chi connectivity index (χ2v) is 6.56. The lowest BCUT2D eigenvalue weighted by Crippen LogP contribution is -2.29. The van der Waals surface area contributed by atoms with Crippen molar-refractivity contribution in [3.05, 3.63) is 58.1 Å². The Labute approximate surface area is 151 Å². The van der Waals surface area contributed by atoms with Gasteiger partial charge in [-0.25, -0.2) is 0 Å². The topological polar surface area (TPSA) is 33.3 Å². The molecule has 2 aromatic carbocycles. The molecule has 5 heteroatoms. The van der Waals surface area contributed by atoms with Gasteiger partial charge in [0.1, 0.15) is 5.75 Å². The number of aryl methyl sites for hydroxylation is 2. The quantitative estimate of drug-likeness (QED) is 0.551. The van der Waals surface area contributed by atoms with Crippen molar-refractivity contribution >= 4 is 38.9 Å². The summed E-state index contributed by atoms with van der Waals surface area (Å²) in [5.74, 6) is 0.891. The largest absolute Gasteiger partial charge is 0.497 e. The van der Waals surface area contributed by atoms with Crippen LogP contribution >= 0.6 is 28.1 Å². The Morgan fingerprint density at radius 3 is 2.57 bits per heavy atom. The third-order valence-electron chi connectivity index (χ3n) is 3.50. The van der Waals surface area contributed by atoms with Crippen LogP contribution in [-0.4, -0.2) is 18.8 Å². The zero-order chi connectivity index (χ0) is 16.7. The van der Waals surface area contributed by atoms with Crippen molar-refractivity contribution in [1.82, 2.24) is 5.32 Å². The second-order valence-electron chi connectivity index (χ2n) is 5.30. The number of methoxy groups -OCH3 is 1. The van der Waals surface area contributed by atoms with Crippen LogP contribution in [0.4, 0.5) is 5.69 Å². The fraction of sp³-hybridized carbons (Fsp3) is 0.278. The van der Waals surface area contributed by atoms with Gasteiger partial charge in [0.25, 0.3) is 0 Å². The van der Waals surface area contributed by atoms with E-state index in [0.717, 1.165) is 35.3 Å². The summed E-state index contributed by atoms with van der Waals surface area (Å²) >= 11 is 8.82. The predicted octanol–water partition coefficient (Wildman–Crippen LogP) is 4.69. The first-order chi connectivity index (χ1) is 11.1. The molecule has 2 aromatic rings. The fourth-order valence-electron chi connectivity index (χ4n) is 2.18. The molecule has 0 fully saturated rings. The number of thiocarbonyl (C=S) groups is 1. The van der Waals surface area contributed by atoms with Crippen molar-refractivity contribution in [3.8, 4) is 5.75 Å². The van der Waals surface area contributed by atoms with Crippen molar-refractivity contribution in [2.24, 2.45) is 0 Å². The Morgan fingerprint density at radius 1 is 1.17 bits per heavy atom. The van der Waals surface area contributed by atoms with Crippen LogP contribution in [0.1, 0.15) is 17.5 Å². The molecule has 0 spiro atoms. The highest BCUT2D eigenvalue weighted by Gasteiger charge is 2.00. The van der Waals surface area contributed by atoms with Crippen molar-refractivity contribution in [1.29, 1.82) is 0 Å². The highest BCUT2D eigenvalue weighted by molar-refractivity contribution is 9.10. The van der Waals surface area contributed by atoms with Crippen LogP contribution in [0.2, 0.25) is 0 Å². The maximum absolute atomic E-state index is 5.32. The maximum Gasteiger partial charge on any atom is 0.170 e. The molecule has 0 aliphatic rings. The SMILES string of the molecule is COc1ccc(CCCNC(=S)Nc2ccc(Br)c(C)c2)cc1. The van der Waals surface area contributed by atoms with Gasteiger partial charge in [-0.1, -0.05) is 28.1 Å². The number of halogens is 1. The Bertz CT molecular complexity index is 659. The lowest BCUT2D eigenvalue weighted by atomic mass is 10.1. The van der Waals surface area contributed by atoms with E-state index in [0.29, 0.717) is 5.11 Å². The molecular weight excluding hydrogens is 372 g/mol. The number of hydrogen-bond donors (Lipinski definition) is 2. The van der Waals surface area contributed by atoms with Crippen LogP contribution in [-0.2, 0) is 6.42 Å². The summed E-state index contributed by atoms with van der Waals surface area (Å²) in [6, 6.07) is 14.3. The molecule has 0 aromatic heterocycles. The summed E-state index contributed by atoms with van der Waals surface area (Å²) in [7, 11) is 1.68. The van der Waals surface area contributed by atoms with Gasteiger partial charge in [0, 0.05) is 16.7 Å². The molecule has 0 aliphatic carbocycles. The minimum atomic E-state index is 0.654. The van der Waals surface area contributed by atoms with E-state index in [1.165, 1.54) is 11.1 Å². The molecule has 2 rings (SSSR count). The van der Waals surface area contributed by atoms with Gasteiger partial charge in [-0.3, -0.25) is 0 Å². The summed E-state index contributed by atoms with van der Waals surface area (Å²) in [5.41, 5.74) is 3.48. The molecule has 2 N–H and O–H groups in total. The van der Waals surface area contributed by atoms with Crippen molar-refractivity contribution in [3.63, 3.8) is 0 Å². The summed E-state index contributed by atoms with van der Waals surface area (Å²) in [6.45, 7) is 2.90. The molecule has 0 atom stereocenters. The standard InChI is InChI=1S/C18H21BrN2OS/c1-13-12-15(7-10-17(13)19)21-18(23)20-11-3-4-14-5-8-16(22-2)9-6-14/h5-10,12H,3-4,11H2,1-2H3,(H2,20,21,23). The van der Waals surface area contributed by atoms with Crippen molar-refractivity contribution < 1.29 is 4.74 Å². The smallest absolute Gasteiger partial charge is 0.170 e. The molecule has 0 radical (unpaired) electrons. The zero-order valence-electron chi connectivity index (χ0n) is 13.4. The molecule has 0 saturated heterocycles.